The van der Waals surface area contributed by atoms with Crippen molar-refractivity contribution in [2.45, 2.75) is 65.3 Å². The van der Waals surface area contributed by atoms with E-state index in [1.54, 1.807) is 0 Å². The Kier molecular flexibility index (Phi) is 6.58. The van der Waals surface area contributed by atoms with Gasteiger partial charge < -0.3 is 5.11 Å². The number of allylic oxidation sites excluding steroid dienone is 1. The molecule has 3 heteroatoms. The minimum Gasteiger partial charge on any atom is -0.345 e. The van der Waals surface area contributed by atoms with Gasteiger partial charge in [-0.15, -0.1) is 0 Å². The Balaban J connectivity index is 2.44. The molecule has 3 unspecified atom stereocenters. The standard InChI is InChI=1S/C15H29N2O/c1-4-6-7-8-9-10-11-15-16-12-13-17(15,5-2)14(3)18/h10-12,14-15,18H,4-9,13H2,1-3H3/q+1/b11-10+. The topological polar surface area (TPSA) is 32.6 Å². The quantitative estimate of drug-likeness (QED) is 0.402. The van der Waals surface area contributed by atoms with E-state index in [2.05, 4.69) is 31.0 Å². The Morgan fingerprint density at radius 3 is 2.78 bits per heavy atom. The van der Waals surface area contributed by atoms with Gasteiger partial charge in [0, 0.05) is 6.92 Å². The van der Waals surface area contributed by atoms with Crippen molar-refractivity contribution in [1.29, 1.82) is 0 Å². The Morgan fingerprint density at radius 2 is 2.17 bits per heavy atom. The van der Waals surface area contributed by atoms with Crippen molar-refractivity contribution in [3.8, 4) is 0 Å². The fourth-order valence-electron chi connectivity index (χ4n) is 2.63. The van der Waals surface area contributed by atoms with E-state index in [1.807, 2.05) is 13.1 Å². The number of aliphatic imine (C=N–C) groups is 1. The largest absolute Gasteiger partial charge is 0.345 e. The molecular weight excluding hydrogens is 224 g/mol. The predicted molar refractivity (Wildman–Crippen MR) is 77.5 cm³/mol. The number of hydrogen-bond acceptors (Lipinski definition) is 2. The van der Waals surface area contributed by atoms with Crippen molar-refractivity contribution in [3.05, 3.63) is 12.2 Å². The molecule has 0 fully saturated rings. The molecule has 104 valence electrons. The van der Waals surface area contributed by atoms with Gasteiger partial charge in [-0.3, -0.25) is 4.48 Å². The lowest BCUT2D eigenvalue weighted by atomic mass is 10.1. The highest BCUT2D eigenvalue weighted by Gasteiger charge is 2.40. The average Bonchev–Trinajstić information content (AvgIpc) is 2.77. The van der Waals surface area contributed by atoms with Gasteiger partial charge in [0.25, 0.3) is 0 Å². The van der Waals surface area contributed by atoms with Crippen LogP contribution in [0, 0.1) is 0 Å². The Hall–Kier alpha value is -0.670. The van der Waals surface area contributed by atoms with Crippen molar-refractivity contribution in [2.24, 2.45) is 4.99 Å². The summed E-state index contributed by atoms with van der Waals surface area (Å²) in [6, 6.07) is 0. The van der Waals surface area contributed by atoms with Crippen LogP contribution >= 0.6 is 0 Å². The lowest BCUT2D eigenvalue weighted by molar-refractivity contribution is -0.970. The number of likely N-dealkylation sites (N-methyl/N-ethyl adjacent to an activating group) is 1. The summed E-state index contributed by atoms with van der Waals surface area (Å²) in [5, 5.41) is 10.0. The van der Waals surface area contributed by atoms with Crippen LogP contribution in [0.3, 0.4) is 0 Å². The normalized spacial score (nSPS) is 29.2. The van der Waals surface area contributed by atoms with Gasteiger partial charge in [-0.2, -0.15) is 0 Å². The van der Waals surface area contributed by atoms with Crippen LogP contribution < -0.4 is 0 Å². The molecule has 3 atom stereocenters. The zero-order valence-corrected chi connectivity index (χ0v) is 12.2. The molecule has 1 rings (SSSR count). The number of quaternary nitrogens is 1. The highest BCUT2D eigenvalue weighted by molar-refractivity contribution is 5.60. The van der Waals surface area contributed by atoms with E-state index in [9.17, 15) is 5.11 Å². The van der Waals surface area contributed by atoms with Crippen LogP contribution in [-0.2, 0) is 0 Å². The van der Waals surface area contributed by atoms with Crippen molar-refractivity contribution in [1.82, 2.24) is 0 Å². The van der Waals surface area contributed by atoms with E-state index in [0.717, 1.165) is 19.5 Å². The van der Waals surface area contributed by atoms with Crippen LogP contribution in [0.2, 0.25) is 0 Å². The minimum atomic E-state index is -0.354. The molecule has 1 N–H and O–H groups in total. The molecular formula is C15H29N2O+. The highest BCUT2D eigenvalue weighted by Crippen LogP contribution is 2.23. The van der Waals surface area contributed by atoms with E-state index in [4.69, 9.17) is 0 Å². The third-order valence-electron chi connectivity index (χ3n) is 4.07. The smallest absolute Gasteiger partial charge is 0.204 e. The second kappa shape index (κ2) is 7.70. The van der Waals surface area contributed by atoms with Gasteiger partial charge in [-0.1, -0.05) is 32.3 Å². The summed E-state index contributed by atoms with van der Waals surface area (Å²) in [5.41, 5.74) is 0. The summed E-state index contributed by atoms with van der Waals surface area (Å²) in [7, 11) is 0. The molecule has 0 aromatic rings. The minimum absolute atomic E-state index is 0.112. The monoisotopic (exact) mass is 253 g/mol. The molecule has 0 aliphatic carbocycles. The van der Waals surface area contributed by atoms with Gasteiger partial charge in [0.15, 0.2) is 6.23 Å². The summed E-state index contributed by atoms with van der Waals surface area (Å²) in [6.45, 7) is 8.00. The molecule has 0 saturated carbocycles. The predicted octanol–water partition coefficient (Wildman–Crippen LogP) is 3.10. The SMILES string of the molecule is CCCCCC/C=C/C1N=CC[N+]1(CC)C(C)O. The average molecular weight is 253 g/mol. The maximum atomic E-state index is 10.0. The van der Waals surface area contributed by atoms with Crippen LogP contribution in [0.15, 0.2) is 17.1 Å². The van der Waals surface area contributed by atoms with Crippen LogP contribution in [0.1, 0.15) is 52.9 Å². The zero-order chi connectivity index (χ0) is 13.4. The summed E-state index contributed by atoms with van der Waals surface area (Å²) >= 11 is 0. The molecule has 1 aliphatic rings. The van der Waals surface area contributed by atoms with E-state index < -0.39 is 0 Å². The van der Waals surface area contributed by atoms with E-state index in [0.29, 0.717) is 4.48 Å². The third kappa shape index (κ3) is 3.66. The number of rotatable bonds is 8. The van der Waals surface area contributed by atoms with Gasteiger partial charge >= 0.3 is 0 Å². The fraction of sp³-hybridized carbons (Fsp3) is 0.800. The van der Waals surface area contributed by atoms with Gasteiger partial charge in [0.2, 0.25) is 6.17 Å². The second-order valence-corrected chi connectivity index (χ2v) is 5.26. The second-order valence-electron chi connectivity index (χ2n) is 5.26. The Labute approximate surface area is 112 Å². The van der Waals surface area contributed by atoms with Crippen LogP contribution in [0.5, 0.6) is 0 Å². The number of aliphatic hydroxyl groups excluding tert-OH is 1. The highest BCUT2D eigenvalue weighted by atomic mass is 16.3. The molecule has 3 nitrogen and oxygen atoms in total. The molecule has 1 heterocycles. The van der Waals surface area contributed by atoms with Crippen LogP contribution in [0.4, 0.5) is 0 Å². The first-order valence-electron chi connectivity index (χ1n) is 7.40. The third-order valence-corrected chi connectivity index (χ3v) is 4.07. The van der Waals surface area contributed by atoms with E-state index in [1.165, 1.54) is 25.7 Å². The van der Waals surface area contributed by atoms with Crippen molar-refractivity contribution >= 4 is 6.21 Å². The van der Waals surface area contributed by atoms with E-state index in [-0.39, 0.29) is 12.4 Å². The van der Waals surface area contributed by atoms with Crippen molar-refractivity contribution in [3.63, 3.8) is 0 Å². The number of hydrogen-bond donors (Lipinski definition) is 1. The Bertz CT molecular complexity index is 286. The van der Waals surface area contributed by atoms with Gasteiger partial charge in [-0.25, -0.2) is 4.99 Å². The first kappa shape index (κ1) is 15.4. The lowest BCUT2D eigenvalue weighted by Gasteiger charge is -2.39. The van der Waals surface area contributed by atoms with Crippen molar-refractivity contribution in [2.75, 3.05) is 13.1 Å². The summed E-state index contributed by atoms with van der Waals surface area (Å²) in [6.07, 6.45) is 12.5. The lowest BCUT2D eigenvalue weighted by Crippen LogP contribution is -2.57. The van der Waals surface area contributed by atoms with Gasteiger partial charge in [0.1, 0.15) is 6.54 Å². The van der Waals surface area contributed by atoms with Crippen LogP contribution in [0.25, 0.3) is 0 Å². The first-order valence-corrected chi connectivity index (χ1v) is 7.40. The molecule has 0 bridgehead atoms. The summed E-state index contributed by atoms with van der Waals surface area (Å²) in [4.78, 5) is 4.52. The maximum Gasteiger partial charge on any atom is 0.204 e. The molecule has 0 spiro atoms. The molecule has 0 amide bonds. The van der Waals surface area contributed by atoms with Gasteiger partial charge in [-0.05, 0) is 25.8 Å². The van der Waals surface area contributed by atoms with Crippen LogP contribution in [-0.4, -0.2) is 41.3 Å². The molecule has 0 aromatic heterocycles. The summed E-state index contributed by atoms with van der Waals surface area (Å²) in [5.74, 6) is 0. The maximum absolute atomic E-state index is 10.0. The van der Waals surface area contributed by atoms with Gasteiger partial charge in [0.05, 0.1) is 12.8 Å². The molecule has 0 saturated heterocycles. The zero-order valence-electron chi connectivity index (χ0n) is 12.2. The number of nitrogens with zero attached hydrogens (tertiary/aromatic N) is 2. The van der Waals surface area contributed by atoms with Crippen molar-refractivity contribution < 1.29 is 9.59 Å². The number of unbranched alkanes of at least 4 members (excludes halogenated alkanes) is 4. The summed E-state index contributed by atoms with van der Waals surface area (Å²) < 4.78 is 0.658. The molecule has 1 aliphatic heterocycles. The molecule has 0 radical (unpaired) electrons. The molecule has 0 aromatic carbocycles. The molecule has 18 heavy (non-hydrogen) atoms. The number of aliphatic hydroxyl groups is 1. The fourth-order valence-corrected chi connectivity index (χ4v) is 2.63. The first-order chi connectivity index (χ1) is 8.67. The van der Waals surface area contributed by atoms with E-state index >= 15 is 0 Å². The Morgan fingerprint density at radius 1 is 1.39 bits per heavy atom.